The fourth-order valence-electron chi connectivity index (χ4n) is 2.66. The first-order valence-corrected chi connectivity index (χ1v) is 8.63. The summed E-state index contributed by atoms with van der Waals surface area (Å²) in [6.45, 7) is 8.49. The summed E-state index contributed by atoms with van der Waals surface area (Å²) in [5.74, 6) is 0.279. The van der Waals surface area contributed by atoms with Crippen LogP contribution in [0.2, 0.25) is 0 Å². The first kappa shape index (κ1) is 17.9. The normalized spacial score (nSPS) is 12.6. The van der Waals surface area contributed by atoms with Gasteiger partial charge < -0.3 is 9.84 Å². The van der Waals surface area contributed by atoms with E-state index in [9.17, 15) is 4.79 Å². The van der Waals surface area contributed by atoms with Gasteiger partial charge in [-0.25, -0.2) is 0 Å². The van der Waals surface area contributed by atoms with E-state index < -0.39 is 0 Å². The SMILES string of the molecule is CC(NC(=O)c1cc(-c2ccncc2)on1)c1ccc(C(C)(C)C)cc1. The van der Waals surface area contributed by atoms with E-state index in [0.29, 0.717) is 5.76 Å². The van der Waals surface area contributed by atoms with Crippen LogP contribution in [0.5, 0.6) is 0 Å². The van der Waals surface area contributed by atoms with E-state index >= 15 is 0 Å². The molecule has 0 aliphatic rings. The van der Waals surface area contributed by atoms with E-state index in [1.54, 1.807) is 18.5 Å². The molecule has 134 valence electrons. The number of carbonyl (C=O) groups excluding carboxylic acids is 1. The van der Waals surface area contributed by atoms with Crippen molar-refractivity contribution in [3.63, 3.8) is 0 Å². The van der Waals surface area contributed by atoms with E-state index in [4.69, 9.17) is 4.52 Å². The fraction of sp³-hybridized carbons (Fsp3) is 0.286. The third kappa shape index (κ3) is 3.99. The lowest BCUT2D eigenvalue weighted by atomic mass is 9.86. The smallest absolute Gasteiger partial charge is 0.273 e. The van der Waals surface area contributed by atoms with Crippen molar-refractivity contribution in [2.45, 2.75) is 39.2 Å². The number of hydrogen-bond donors (Lipinski definition) is 1. The molecule has 1 atom stereocenters. The Morgan fingerprint density at radius 1 is 1.08 bits per heavy atom. The molecule has 0 aliphatic carbocycles. The summed E-state index contributed by atoms with van der Waals surface area (Å²) < 4.78 is 5.27. The highest BCUT2D eigenvalue weighted by Gasteiger charge is 2.18. The van der Waals surface area contributed by atoms with Crippen LogP contribution in [0.15, 0.2) is 59.4 Å². The number of aromatic nitrogens is 2. The molecule has 0 bridgehead atoms. The van der Waals surface area contributed by atoms with Crippen LogP contribution in [0, 0.1) is 0 Å². The number of rotatable bonds is 4. The average molecular weight is 349 g/mol. The van der Waals surface area contributed by atoms with Gasteiger partial charge in [-0.2, -0.15) is 0 Å². The van der Waals surface area contributed by atoms with E-state index in [1.165, 1.54) is 5.56 Å². The Kier molecular flexibility index (Phi) is 4.89. The molecule has 0 saturated heterocycles. The number of hydrogen-bond acceptors (Lipinski definition) is 4. The molecule has 1 aromatic carbocycles. The van der Waals surface area contributed by atoms with E-state index in [0.717, 1.165) is 11.1 Å². The highest BCUT2D eigenvalue weighted by Crippen LogP contribution is 2.24. The fourth-order valence-corrected chi connectivity index (χ4v) is 2.66. The number of pyridine rings is 1. The highest BCUT2D eigenvalue weighted by molar-refractivity contribution is 5.93. The molecule has 2 aromatic heterocycles. The van der Waals surface area contributed by atoms with Gasteiger partial charge in [0.25, 0.3) is 5.91 Å². The average Bonchev–Trinajstić information content (AvgIpc) is 3.12. The second kappa shape index (κ2) is 7.12. The highest BCUT2D eigenvalue weighted by atomic mass is 16.5. The van der Waals surface area contributed by atoms with Crippen LogP contribution in [0.25, 0.3) is 11.3 Å². The van der Waals surface area contributed by atoms with E-state index in [-0.39, 0.29) is 23.1 Å². The van der Waals surface area contributed by atoms with Crippen LogP contribution in [0.1, 0.15) is 55.4 Å². The molecule has 2 heterocycles. The van der Waals surface area contributed by atoms with Gasteiger partial charge in [-0.1, -0.05) is 50.2 Å². The minimum absolute atomic E-state index is 0.106. The molecule has 3 aromatic rings. The number of nitrogens with zero attached hydrogens (tertiary/aromatic N) is 2. The van der Waals surface area contributed by atoms with Crippen molar-refractivity contribution in [3.05, 3.63) is 71.7 Å². The predicted octanol–water partition coefficient (Wildman–Crippen LogP) is 4.53. The van der Waals surface area contributed by atoms with Crippen molar-refractivity contribution in [1.29, 1.82) is 0 Å². The number of carbonyl (C=O) groups is 1. The van der Waals surface area contributed by atoms with Crippen molar-refractivity contribution in [2.24, 2.45) is 0 Å². The maximum Gasteiger partial charge on any atom is 0.273 e. The molecule has 5 nitrogen and oxygen atoms in total. The third-order valence-electron chi connectivity index (χ3n) is 4.33. The van der Waals surface area contributed by atoms with E-state index in [1.807, 2.05) is 19.1 Å². The van der Waals surface area contributed by atoms with Gasteiger partial charge in [-0.15, -0.1) is 0 Å². The van der Waals surface area contributed by atoms with Gasteiger partial charge in [0.05, 0.1) is 6.04 Å². The summed E-state index contributed by atoms with van der Waals surface area (Å²) in [5.41, 5.74) is 3.50. The van der Waals surface area contributed by atoms with Crippen molar-refractivity contribution in [2.75, 3.05) is 0 Å². The second-order valence-electron chi connectivity index (χ2n) is 7.38. The van der Waals surface area contributed by atoms with Crippen LogP contribution in [0.4, 0.5) is 0 Å². The van der Waals surface area contributed by atoms with Gasteiger partial charge in [-0.05, 0) is 35.6 Å². The van der Waals surface area contributed by atoms with Crippen molar-refractivity contribution < 1.29 is 9.32 Å². The predicted molar refractivity (Wildman–Crippen MR) is 101 cm³/mol. The van der Waals surface area contributed by atoms with Crippen LogP contribution < -0.4 is 5.32 Å². The molecule has 1 unspecified atom stereocenters. The molecule has 0 radical (unpaired) electrons. The summed E-state index contributed by atoms with van der Waals surface area (Å²) >= 11 is 0. The van der Waals surface area contributed by atoms with Crippen LogP contribution >= 0.6 is 0 Å². The summed E-state index contributed by atoms with van der Waals surface area (Å²) in [5, 5.41) is 6.84. The van der Waals surface area contributed by atoms with Crippen LogP contribution in [0.3, 0.4) is 0 Å². The minimum Gasteiger partial charge on any atom is -0.355 e. The third-order valence-corrected chi connectivity index (χ3v) is 4.33. The monoisotopic (exact) mass is 349 g/mol. The molecule has 5 heteroatoms. The van der Waals surface area contributed by atoms with Crippen molar-refractivity contribution in [1.82, 2.24) is 15.5 Å². The Morgan fingerprint density at radius 3 is 2.35 bits per heavy atom. The Bertz CT molecular complexity index is 878. The number of nitrogens with one attached hydrogen (secondary N) is 1. The zero-order valence-corrected chi connectivity index (χ0v) is 15.5. The van der Waals surface area contributed by atoms with Gasteiger partial charge in [0, 0.05) is 24.0 Å². The van der Waals surface area contributed by atoms with Gasteiger partial charge in [-0.3, -0.25) is 9.78 Å². The molecule has 1 N–H and O–H groups in total. The first-order valence-electron chi connectivity index (χ1n) is 8.63. The Labute approximate surface area is 153 Å². The zero-order chi connectivity index (χ0) is 18.7. The lowest BCUT2D eigenvalue weighted by Gasteiger charge is -2.20. The van der Waals surface area contributed by atoms with Gasteiger partial charge in [0.1, 0.15) is 0 Å². The second-order valence-corrected chi connectivity index (χ2v) is 7.38. The lowest BCUT2D eigenvalue weighted by molar-refractivity contribution is 0.0931. The van der Waals surface area contributed by atoms with Gasteiger partial charge >= 0.3 is 0 Å². The molecule has 0 aliphatic heterocycles. The van der Waals surface area contributed by atoms with Crippen LogP contribution in [-0.4, -0.2) is 16.0 Å². The zero-order valence-electron chi connectivity index (χ0n) is 15.5. The maximum absolute atomic E-state index is 12.5. The van der Waals surface area contributed by atoms with Crippen molar-refractivity contribution >= 4 is 5.91 Å². The topological polar surface area (TPSA) is 68.0 Å². The van der Waals surface area contributed by atoms with Crippen molar-refractivity contribution in [3.8, 4) is 11.3 Å². The van der Waals surface area contributed by atoms with E-state index in [2.05, 4.69) is 60.5 Å². The molecular weight excluding hydrogens is 326 g/mol. The molecular formula is C21H23N3O2. The lowest BCUT2D eigenvalue weighted by Crippen LogP contribution is -2.27. The summed E-state index contributed by atoms with van der Waals surface area (Å²) in [4.78, 5) is 16.4. The molecule has 1 amide bonds. The summed E-state index contributed by atoms with van der Waals surface area (Å²) in [7, 11) is 0. The van der Waals surface area contributed by atoms with Gasteiger partial charge in [0.2, 0.25) is 0 Å². The first-order chi connectivity index (χ1) is 12.3. The largest absolute Gasteiger partial charge is 0.355 e. The molecule has 26 heavy (non-hydrogen) atoms. The molecule has 3 rings (SSSR count). The summed E-state index contributed by atoms with van der Waals surface area (Å²) in [6.07, 6.45) is 3.34. The summed E-state index contributed by atoms with van der Waals surface area (Å²) in [6, 6.07) is 13.4. The van der Waals surface area contributed by atoms with Crippen LogP contribution in [-0.2, 0) is 5.41 Å². The van der Waals surface area contributed by atoms with Gasteiger partial charge in [0.15, 0.2) is 11.5 Å². The number of amides is 1. The standard InChI is InChI=1S/C21H23N3O2/c1-14(15-5-7-17(8-6-15)21(2,3)4)23-20(25)18-13-19(26-24-18)16-9-11-22-12-10-16/h5-14H,1-4H3,(H,23,25). The molecule has 0 saturated carbocycles. The Balaban J connectivity index is 1.69. The Morgan fingerprint density at radius 2 is 1.73 bits per heavy atom. The quantitative estimate of drug-likeness (QED) is 0.751. The Hall–Kier alpha value is -2.95. The molecule has 0 spiro atoms. The molecule has 0 fully saturated rings. The minimum atomic E-state index is -0.263. The maximum atomic E-state index is 12.5. The number of benzene rings is 1.